The van der Waals surface area contributed by atoms with E-state index in [4.69, 9.17) is 0 Å². The number of benzene rings is 2. The molecule has 2 aromatic rings. The molecule has 0 bridgehead atoms. The van der Waals surface area contributed by atoms with Gasteiger partial charge in [-0.25, -0.2) is 8.42 Å². The summed E-state index contributed by atoms with van der Waals surface area (Å²) >= 11 is 0. The molecule has 0 radical (unpaired) electrons. The summed E-state index contributed by atoms with van der Waals surface area (Å²) in [5.74, 6) is -0.415. The molecule has 0 aliphatic heterocycles. The number of anilines is 1. The smallest absolute Gasteiger partial charge is 0.242 e. The highest BCUT2D eigenvalue weighted by Gasteiger charge is 2.21. The number of aryl methyl sites for hydroxylation is 1. The lowest BCUT2D eigenvalue weighted by Crippen LogP contribution is -2.41. The summed E-state index contributed by atoms with van der Waals surface area (Å²) in [5, 5.41) is 2.66. The Morgan fingerprint density at radius 1 is 1.00 bits per heavy atom. The van der Waals surface area contributed by atoms with Crippen LogP contribution in [0.25, 0.3) is 0 Å². The molecule has 0 saturated carbocycles. The molecule has 0 heterocycles. The first-order valence-electron chi connectivity index (χ1n) is 6.83. The fourth-order valence-corrected chi connectivity index (χ4v) is 3.05. The van der Waals surface area contributed by atoms with Crippen LogP contribution in [0.5, 0.6) is 0 Å². The van der Waals surface area contributed by atoms with E-state index in [9.17, 15) is 13.2 Å². The molecule has 0 aliphatic carbocycles. The van der Waals surface area contributed by atoms with Crippen LogP contribution in [-0.4, -0.2) is 20.4 Å². The number of nitrogens with one attached hydrogen (secondary N) is 2. The van der Waals surface area contributed by atoms with Crippen molar-refractivity contribution in [3.05, 3.63) is 60.2 Å². The van der Waals surface area contributed by atoms with Crippen LogP contribution < -0.4 is 10.0 Å². The third kappa shape index (κ3) is 4.16. The largest absolute Gasteiger partial charge is 0.325 e. The second kappa shape index (κ2) is 6.72. The summed E-state index contributed by atoms with van der Waals surface area (Å²) in [5.41, 5.74) is 1.59. The Morgan fingerprint density at radius 3 is 2.18 bits per heavy atom. The quantitative estimate of drug-likeness (QED) is 0.888. The van der Waals surface area contributed by atoms with Crippen LogP contribution >= 0.6 is 0 Å². The summed E-state index contributed by atoms with van der Waals surface area (Å²) in [4.78, 5) is 12.2. The van der Waals surface area contributed by atoms with Gasteiger partial charge in [0.25, 0.3) is 0 Å². The zero-order valence-electron chi connectivity index (χ0n) is 12.4. The lowest BCUT2D eigenvalue weighted by atomic mass is 10.2. The van der Waals surface area contributed by atoms with Gasteiger partial charge in [0, 0.05) is 5.69 Å². The predicted octanol–water partition coefficient (Wildman–Crippen LogP) is 2.30. The maximum atomic E-state index is 12.2. The first-order valence-corrected chi connectivity index (χ1v) is 8.32. The van der Waals surface area contributed by atoms with Gasteiger partial charge in [0.2, 0.25) is 15.9 Å². The molecule has 0 fully saturated rings. The standard InChI is InChI=1S/C16H18N2O3S/c1-12-8-10-15(11-9-12)22(20,21)18-13(2)16(19)17-14-6-4-3-5-7-14/h3-11,13,18H,1-2H3,(H,17,19)/t13-/m0/s1. The van der Waals surface area contributed by atoms with Crippen molar-refractivity contribution in [1.82, 2.24) is 4.72 Å². The number of amides is 1. The van der Waals surface area contributed by atoms with Crippen LogP contribution in [0.2, 0.25) is 0 Å². The normalized spacial score (nSPS) is 12.6. The molecule has 6 heteroatoms. The molecule has 2 aromatic carbocycles. The Hall–Kier alpha value is -2.18. The molecule has 0 aromatic heterocycles. The molecule has 1 amide bonds. The monoisotopic (exact) mass is 318 g/mol. The van der Waals surface area contributed by atoms with E-state index in [0.717, 1.165) is 5.56 Å². The molecule has 5 nitrogen and oxygen atoms in total. The maximum absolute atomic E-state index is 12.2. The van der Waals surface area contributed by atoms with Gasteiger partial charge in [0.05, 0.1) is 10.9 Å². The minimum Gasteiger partial charge on any atom is -0.325 e. The second-order valence-electron chi connectivity index (χ2n) is 5.01. The van der Waals surface area contributed by atoms with Gasteiger partial charge in [-0.3, -0.25) is 4.79 Å². The number of carbonyl (C=O) groups excluding carboxylic acids is 1. The van der Waals surface area contributed by atoms with Crippen LogP contribution in [0.3, 0.4) is 0 Å². The molecule has 116 valence electrons. The first kappa shape index (κ1) is 16.2. The van der Waals surface area contributed by atoms with E-state index in [0.29, 0.717) is 5.69 Å². The molecule has 2 N–H and O–H groups in total. The molecule has 2 rings (SSSR count). The second-order valence-corrected chi connectivity index (χ2v) is 6.73. The van der Waals surface area contributed by atoms with Gasteiger partial charge < -0.3 is 5.32 Å². The first-order chi connectivity index (χ1) is 10.4. The minimum atomic E-state index is -3.72. The van der Waals surface area contributed by atoms with Gasteiger partial charge in [-0.1, -0.05) is 35.9 Å². The van der Waals surface area contributed by atoms with E-state index in [2.05, 4.69) is 10.0 Å². The van der Waals surface area contributed by atoms with Crippen LogP contribution in [0.4, 0.5) is 5.69 Å². The topological polar surface area (TPSA) is 75.3 Å². The molecule has 0 aliphatic rings. The SMILES string of the molecule is Cc1ccc(S(=O)(=O)N[C@@H](C)C(=O)Nc2ccccc2)cc1. The number of para-hydroxylation sites is 1. The summed E-state index contributed by atoms with van der Waals surface area (Å²) in [6.45, 7) is 3.38. The van der Waals surface area contributed by atoms with E-state index in [-0.39, 0.29) is 4.90 Å². The van der Waals surface area contributed by atoms with E-state index in [1.54, 1.807) is 36.4 Å². The number of carbonyl (C=O) groups is 1. The van der Waals surface area contributed by atoms with Crippen molar-refractivity contribution in [2.75, 3.05) is 5.32 Å². The highest BCUT2D eigenvalue weighted by Crippen LogP contribution is 2.11. The Balaban J connectivity index is 2.05. The highest BCUT2D eigenvalue weighted by molar-refractivity contribution is 7.89. The lowest BCUT2D eigenvalue weighted by molar-refractivity contribution is -0.117. The molecule has 0 spiro atoms. The van der Waals surface area contributed by atoms with Gasteiger partial charge in [0.1, 0.15) is 0 Å². The van der Waals surface area contributed by atoms with Gasteiger partial charge in [-0.15, -0.1) is 0 Å². The fraction of sp³-hybridized carbons (Fsp3) is 0.188. The molecule has 0 saturated heterocycles. The molecular weight excluding hydrogens is 300 g/mol. The number of hydrogen-bond acceptors (Lipinski definition) is 3. The molecular formula is C16H18N2O3S. The van der Waals surface area contributed by atoms with Crippen molar-refractivity contribution in [2.24, 2.45) is 0 Å². The van der Waals surface area contributed by atoms with Crippen molar-refractivity contribution in [2.45, 2.75) is 24.8 Å². The van der Waals surface area contributed by atoms with Gasteiger partial charge in [-0.2, -0.15) is 4.72 Å². The van der Waals surface area contributed by atoms with Gasteiger partial charge in [0.15, 0.2) is 0 Å². The summed E-state index contributed by atoms with van der Waals surface area (Å²) < 4.78 is 26.8. The minimum absolute atomic E-state index is 0.137. The Bertz CT molecular complexity index is 741. The zero-order valence-corrected chi connectivity index (χ0v) is 13.2. The molecule has 0 unspecified atom stereocenters. The number of rotatable bonds is 5. The summed E-state index contributed by atoms with van der Waals surface area (Å²) in [6, 6.07) is 14.4. The van der Waals surface area contributed by atoms with Crippen LogP contribution in [0, 0.1) is 6.92 Å². The van der Waals surface area contributed by atoms with Crippen LogP contribution in [0.1, 0.15) is 12.5 Å². The average molecular weight is 318 g/mol. The molecule has 22 heavy (non-hydrogen) atoms. The Labute approximate surface area is 130 Å². The third-order valence-corrected chi connectivity index (χ3v) is 4.65. The van der Waals surface area contributed by atoms with E-state index in [1.807, 2.05) is 13.0 Å². The van der Waals surface area contributed by atoms with E-state index >= 15 is 0 Å². The van der Waals surface area contributed by atoms with Crippen LogP contribution in [0.15, 0.2) is 59.5 Å². The highest BCUT2D eigenvalue weighted by atomic mass is 32.2. The van der Waals surface area contributed by atoms with E-state index < -0.39 is 22.0 Å². The summed E-state index contributed by atoms with van der Waals surface area (Å²) in [6.07, 6.45) is 0. The van der Waals surface area contributed by atoms with Crippen molar-refractivity contribution < 1.29 is 13.2 Å². The predicted molar refractivity (Wildman–Crippen MR) is 86.0 cm³/mol. The van der Waals surface area contributed by atoms with E-state index in [1.165, 1.54) is 19.1 Å². The van der Waals surface area contributed by atoms with Crippen molar-refractivity contribution >= 4 is 21.6 Å². The zero-order chi connectivity index (χ0) is 16.2. The van der Waals surface area contributed by atoms with Gasteiger partial charge in [-0.05, 0) is 38.1 Å². The average Bonchev–Trinajstić information content (AvgIpc) is 2.48. The Morgan fingerprint density at radius 2 is 1.59 bits per heavy atom. The number of sulfonamides is 1. The fourth-order valence-electron chi connectivity index (χ4n) is 1.84. The van der Waals surface area contributed by atoms with Crippen LogP contribution in [-0.2, 0) is 14.8 Å². The van der Waals surface area contributed by atoms with Gasteiger partial charge >= 0.3 is 0 Å². The van der Waals surface area contributed by atoms with Crippen molar-refractivity contribution in [3.8, 4) is 0 Å². The third-order valence-electron chi connectivity index (χ3n) is 3.10. The molecule has 1 atom stereocenters. The summed E-state index contributed by atoms with van der Waals surface area (Å²) in [7, 11) is -3.72. The van der Waals surface area contributed by atoms with Crippen molar-refractivity contribution in [1.29, 1.82) is 0 Å². The lowest BCUT2D eigenvalue weighted by Gasteiger charge is -2.14. The van der Waals surface area contributed by atoms with Crippen molar-refractivity contribution in [3.63, 3.8) is 0 Å². The Kier molecular flexibility index (Phi) is 4.95. The number of hydrogen-bond donors (Lipinski definition) is 2. The maximum Gasteiger partial charge on any atom is 0.242 e.